The van der Waals surface area contributed by atoms with Crippen molar-refractivity contribution in [1.82, 2.24) is 0 Å². The van der Waals surface area contributed by atoms with Crippen LogP contribution in [0.3, 0.4) is 0 Å². The van der Waals surface area contributed by atoms with Crippen LogP contribution in [-0.4, -0.2) is 28.1 Å². The number of carbonyl (C=O) groups excluding carboxylic acids is 1. The fourth-order valence-corrected chi connectivity index (χ4v) is 0.779. The van der Waals surface area contributed by atoms with Gasteiger partial charge in [-0.3, -0.25) is 14.4 Å². The molecule has 0 aromatic carbocycles. The van der Waals surface area contributed by atoms with Gasteiger partial charge in [-0.1, -0.05) is 6.92 Å². The highest BCUT2D eigenvalue weighted by Crippen LogP contribution is 2.21. The van der Waals surface area contributed by atoms with Crippen molar-refractivity contribution in [3.05, 3.63) is 0 Å². The molecule has 0 spiro atoms. The Kier molecular flexibility index (Phi) is 2.78. The predicted octanol–water partition coefficient (Wildman–Crippen LogP) is -0.963. The van der Waals surface area contributed by atoms with Crippen LogP contribution in [0.15, 0.2) is 0 Å². The molecular weight excluding hydrogens is 166 g/mol. The average Bonchev–Trinajstić information content (AvgIpc) is 1.86. The number of hydrogen-bond acceptors (Lipinski definition) is 3. The number of hydrogen-bond donors (Lipinski definition) is 3. The monoisotopic (exact) mass is 175 g/mol. The lowest BCUT2D eigenvalue weighted by Crippen LogP contribution is -2.49. The molecule has 4 N–H and O–H groups in total. The highest BCUT2D eigenvalue weighted by Gasteiger charge is 2.51. The van der Waals surface area contributed by atoms with Crippen molar-refractivity contribution in [2.75, 3.05) is 0 Å². The molecule has 0 aromatic rings. The molecule has 0 aliphatic carbocycles. The largest absolute Gasteiger partial charge is 0.480 e. The van der Waals surface area contributed by atoms with Crippen molar-refractivity contribution in [3.8, 4) is 0 Å². The number of amides is 1. The Morgan fingerprint density at radius 3 is 1.58 bits per heavy atom. The number of carbonyl (C=O) groups is 3. The quantitative estimate of drug-likeness (QED) is 0.475. The zero-order chi connectivity index (χ0) is 9.94. The predicted molar refractivity (Wildman–Crippen MR) is 37.2 cm³/mol. The maximum atomic E-state index is 10.6. The summed E-state index contributed by atoms with van der Waals surface area (Å²) in [6.07, 6.45) is -0.368. The summed E-state index contributed by atoms with van der Waals surface area (Å²) in [5.41, 5.74) is 2.20. The first-order valence-electron chi connectivity index (χ1n) is 3.16. The average molecular weight is 175 g/mol. The number of aliphatic carboxylic acids is 2. The Hall–Kier alpha value is -1.59. The fourth-order valence-electron chi connectivity index (χ4n) is 0.779. The number of primary amides is 1. The molecule has 0 unspecified atom stereocenters. The Morgan fingerprint density at radius 2 is 1.58 bits per heavy atom. The highest BCUT2D eigenvalue weighted by molar-refractivity contribution is 6.17. The van der Waals surface area contributed by atoms with E-state index in [4.69, 9.17) is 10.2 Å². The van der Waals surface area contributed by atoms with Crippen LogP contribution in [0, 0.1) is 5.41 Å². The van der Waals surface area contributed by atoms with Gasteiger partial charge in [0.25, 0.3) is 0 Å². The summed E-state index contributed by atoms with van der Waals surface area (Å²) in [4.78, 5) is 31.5. The fraction of sp³-hybridized carbons (Fsp3) is 0.500. The molecule has 0 saturated heterocycles. The van der Waals surface area contributed by atoms with Crippen molar-refractivity contribution in [2.45, 2.75) is 13.3 Å². The third-order valence-corrected chi connectivity index (χ3v) is 1.68. The maximum absolute atomic E-state index is 10.6. The normalized spacial score (nSPS) is 10.8. The summed E-state index contributed by atoms with van der Waals surface area (Å²) in [5, 5.41) is 17.0. The van der Waals surface area contributed by atoms with Crippen LogP contribution >= 0.6 is 0 Å². The zero-order valence-electron chi connectivity index (χ0n) is 6.40. The Balaban J connectivity index is 5.19. The molecule has 12 heavy (non-hydrogen) atoms. The summed E-state index contributed by atoms with van der Waals surface area (Å²) in [7, 11) is 0. The number of nitrogens with two attached hydrogens (primary N) is 1. The highest BCUT2D eigenvalue weighted by atomic mass is 16.4. The van der Waals surface area contributed by atoms with Crippen LogP contribution in [0.2, 0.25) is 0 Å². The van der Waals surface area contributed by atoms with Gasteiger partial charge in [0.1, 0.15) is 0 Å². The van der Waals surface area contributed by atoms with E-state index < -0.39 is 23.3 Å². The second-order valence-corrected chi connectivity index (χ2v) is 2.23. The van der Waals surface area contributed by atoms with Crippen molar-refractivity contribution in [1.29, 1.82) is 0 Å². The number of rotatable bonds is 4. The van der Waals surface area contributed by atoms with Crippen LogP contribution in [0.4, 0.5) is 0 Å². The molecule has 0 rings (SSSR count). The molecule has 0 radical (unpaired) electrons. The topological polar surface area (TPSA) is 118 Å². The Labute approximate surface area is 68.0 Å². The van der Waals surface area contributed by atoms with Crippen LogP contribution in [0.1, 0.15) is 13.3 Å². The van der Waals surface area contributed by atoms with Crippen molar-refractivity contribution >= 4 is 17.8 Å². The summed E-state index contributed by atoms with van der Waals surface area (Å²) >= 11 is 0. The van der Waals surface area contributed by atoms with E-state index in [1.807, 2.05) is 0 Å². The molecule has 0 aliphatic rings. The molecule has 6 nitrogen and oxygen atoms in total. The van der Waals surface area contributed by atoms with Gasteiger partial charge in [-0.2, -0.15) is 0 Å². The van der Waals surface area contributed by atoms with Crippen LogP contribution in [0.25, 0.3) is 0 Å². The molecule has 0 aliphatic heterocycles. The van der Waals surface area contributed by atoms with Crippen LogP contribution < -0.4 is 5.73 Å². The van der Waals surface area contributed by atoms with Gasteiger partial charge in [0.15, 0.2) is 0 Å². The molecule has 0 aromatic heterocycles. The summed E-state index contributed by atoms with van der Waals surface area (Å²) < 4.78 is 0. The SMILES string of the molecule is CCC(C(N)=O)(C(=O)O)C(=O)O. The lowest BCUT2D eigenvalue weighted by Gasteiger charge is -2.18. The van der Waals surface area contributed by atoms with E-state index in [1.54, 1.807) is 0 Å². The molecule has 1 amide bonds. The van der Waals surface area contributed by atoms with Crippen molar-refractivity contribution < 1.29 is 24.6 Å². The molecule has 0 saturated carbocycles. The number of carboxylic acids is 2. The third kappa shape index (κ3) is 1.23. The lowest BCUT2D eigenvalue weighted by atomic mass is 9.84. The standard InChI is InChI=1S/C6H9NO5/c1-2-6(3(7)8,4(9)10)5(11)12/h2H2,1H3,(H2,7,8)(H,9,10)(H,11,12). The van der Waals surface area contributed by atoms with Crippen molar-refractivity contribution in [2.24, 2.45) is 11.1 Å². The van der Waals surface area contributed by atoms with Crippen LogP contribution in [0.5, 0.6) is 0 Å². The van der Waals surface area contributed by atoms with Crippen LogP contribution in [-0.2, 0) is 14.4 Å². The number of carboxylic acid groups (broad SMARTS) is 2. The Morgan fingerprint density at radius 1 is 1.25 bits per heavy atom. The van der Waals surface area contributed by atoms with E-state index in [2.05, 4.69) is 5.73 Å². The van der Waals surface area contributed by atoms with Crippen molar-refractivity contribution in [3.63, 3.8) is 0 Å². The minimum Gasteiger partial charge on any atom is -0.480 e. The third-order valence-electron chi connectivity index (χ3n) is 1.68. The van der Waals surface area contributed by atoms with Gasteiger partial charge in [0.05, 0.1) is 0 Å². The molecule has 0 heterocycles. The molecular formula is C6H9NO5. The van der Waals surface area contributed by atoms with E-state index in [9.17, 15) is 14.4 Å². The summed E-state index contributed by atoms with van der Waals surface area (Å²) in [6, 6.07) is 0. The van der Waals surface area contributed by atoms with Gasteiger partial charge in [0.2, 0.25) is 11.3 Å². The minimum absolute atomic E-state index is 0.368. The van der Waals surface area contributed by atoms with E-state index in [1.165, 1.54) is 6.92 Å². The minimum atomic E-state index is -2.49. The van der Waals surface area contributed by atoms with Gasteiger partial charge < -0.3 is 15.9 Å². The van der Waals surface area contributed by atoms with Gasteiger partial charge in [0, 0.05) is 0 Å². The van der Waals surface area contributed by atoms with Gasteiger partial charge in [-0.05, 0) is 6.42 Å². The van der Waals surface area contributed by atoms with E-state index >= 15 is 0 Å². The maximum Gasteiger partial charge on any atom is 0.330 e. The molecule has 0 atom stereocenters. The second-order valence-electron chi connectivity index (χ2n) is 2.23. The smallest absolute Gasteiger partial charge is 0.330 e. The first-order chi connectivity index (χ1) is 5.39. The second kappa shape index (κ2) is 3.21. The van der Waals surface area contributed by atoms with E-state index in [0.717, 1.165) is 0 Å². The molecule has 6 heteroatoms. The first kappa shape index (κ1) is 10.4. The zero-order valence-corrected chi connectivity index (χ0v) is 6.40. The molecule has 0 bridgehead atoms. The first-order valence-corrected chi connectivity index (χ1v) is 3.16. The van der Waals surface area contributed by atoms with Gasteiger partial charge in [-0.25, -0.2) is 0 Å². The lowest BCUT2D eigenvalue weighted by molar-refractivity contribution is -0.168. The summed E-state index contributed by atoms with van der Waals surface area (Å²) in [5.74, 6) is -4.82. The molecule has 68 valence electrons. The molecule has 0 fully saturated rings. The van der Waals surface area contributed by atoms with E-state index in [0.29, 0.717) is 0 Å². The van der Waals surface area contributed by atoms with Gasteiger partial charge >= 0.3 is 11.9 Å². The Bertz CT molecular complexity index is 198. The summed E-state index contributed by atoms with van der Waals surface area (Å²) in [6.45, 7) is 1.27. The van der Waals surface area contributed by atoms with E-state index in [-0.39, 0.29) is 6.42 Å². The van der Waals surface area contributed by atoms with Gasteiger partial charge in [-0.15, -0.1) is 0 Å².